The van der Waals surface area contributed by atoms with Gasteiger partial charge in [0.1, 0.15) is 11.3 Å². The molecule has 3 aliphatic rings. The molecule has 188 valence electrons. The van der Waals surface area contributed by atoms with E-state index in [0.29, 0.717) is 17.9 Å². The zero-order valence-electron chi connectivity index (χ0n) is 20.6. The van der Waals surface area contributed by atoms with Crippen LogP contribution < -0.4 is 10.1 Å². The largest absolute Gasteiger partial charge is 0.497 e. The normalized spacial score (nSPS) is 26.1. The molecule has 0 bridgehead atoms. The van der Waals surface area contributed by atoms with E-state index in [0.717, 1.165) is 35.2 Å². The molecule has 2 saturated heterocycles. The molecule has 6 rings (SSSR count). The van der Waals surface area contributed by atoms with Gasteiger partial charge in [0.05, 0.1) is 18.0 Å². The summed E-state index contributed by atoms with van der Waals surface area (Å²) in [6.07, 6.45) is 1.74. The molecule has 1 amide bonds. The Balaban J connectivity index is 1.59. The molecule has 1 N–H and O–H groups in total. The first-order chi connectivity index (χ1) is 17.9. The van der Waals surface area contributed by atoms with E-state index in [9.17, 15) is 19.7 Å². The van der Waals surface area contributed by atoms with E-state index in [1.165, 1.54) is 12.1 Å². The van der Waals surface area contributed by atoms with Gasteiger partial charge in [-0.1, -0.05) is 42.0 Å². The molecule has 8 heteroatoms. The van der Waals surface area contributed by atoms with Crippen LogP contribution in [0.4, 0.5) is 11.4 Å². The molecule has 8 nitrogen and oxygen atoms in total. The van der Waals surface area contributed by atoms with Crippen molar-refractivity contribution in [3.8, 4) is 5.75 Å². The van der Waals surface area contributed by atoms with Crippen LogP contribution in [0.2, 0.25) is 0 Å². The molecular weight excluding hydrogens is 470 g/mol. The van der Waals surface area contributed by atoms with Crippen molar-refractivity contribution in [2.45, 2.75) is 37.3 Å². The second-order valence-corrected chi connectivity index (χ2v) is 10.1. The number of benzene rings is 3. The van der Waals surface area contributed by atoms with Crippen molar-refractivity contribution in [3.05, 3.63) is 99.1 Å². The van der Waals surface area contributed by atoms with Crippen LogP contribution in [0.5, 0.6) is 5.75 Å². The van der Waals surface area contributed by atoms with Crippen molar-refractivity contribution in [2.24, 2.45) is 5.92 Å². The molecule has 0 aromatic heterocycles. The van der Waals surface area contributed by atoms with Gasteiger partial charge in [-0.25, -0.2) is 0 Å². The van der Waals surface area contributed by atoms with E-state index in [-0.39, 0.29) is 29.3 Å². The first kappa shape index (κ1) is 23.4. The molecule has 37 heavy (non-hydrogen) atoms. The van der Waals surface area contributed by atoms with Gasteiger partial charge < -0.3 is 10.1 Å². The Labute approximate surface area is 214 Å². The van der Waals surface area contributed by atoms with Crippen LogP contribution >= 0.6 is 0 Å². The van der Waals surface area contributed by atoms with E-state index in [1.807, 2.05) is 25.1 Å². The number of amides is 1. The fourth-order valence-electron chi connectivity index (χ4n) is 6.82. The number of ketones is 1. The number of fused-ring (bicyclic) bond motifs is 4. The number of aryl methyl sites for hydroxylation is 1. The average molecular weight is 498 g/mol. The van der Waals surface area contributed by atoms with Crippen LogP contribution in [0.15, 0.2) is 66.7 Å². The second kappa shape index (κ2) is 8.52. The number of nitrogens with zero attached hydrogens (tertiary/aromatic N) is 2. The standard InChI is InChI=1S/C29H27N3O5/c1-17-8-13-23-22(15-17)29(28(34)30-23)26(27(33)19-5-3-6-21(16-19)37-2)25(24-7-4-14-31(24)29)18-9-11-20(12-10-18)32(35)36/h3,5-6,8-13,15-16,24-26H,4,7,14H2,1-2H3,(H,30,34)/t24?,25?,26?,29-/m1/s1. The summed E-state index contributed by atoms with van der Waals surface area (Å²) in [7, 11) is 1.56. The van der Waals surface area contributed by atoms with E-state index in [4.69, 9.17) is 4.74 Å². The molecule has 3 unspecified atom stereocenters. The maximum Gasteiger partial charge on any atom is 0.269 e. The number of ether oxygens (including phenoxy) is 1. The summed E-state index contributed by atoms with van der Waals surface area (Å²) in [5, 5.41) is 14.4. The van der Waals surface area contributed by atoms with E-state index in [2.05, 4.69) is 10.2 Å². The molecule has 0 aliphatic carbocycles. The first-order valence-corrected chi connectivity index (χ1v) is 12.5. The van der Waals surface area contributed by atoms with E-state index < -0.39 is 16.4 Å². The number of nitro groups is 1. The molecular formula is C29H27N3O5. The predicted molar refractivity (Wildman–Crippen MR) is 138 cm³/mol. The van der Waals surface area contributed by atoms with Crippen LogP contribution in [-0.2, 0) is 10.3 Å². The zero-order chi connectivity index (χ0) is 25.9. The summed E-state index contributed by atoms with van der Waals surface area (Å²) in [5.74, 6) is -0.808. The molecule has 0 radical (unpaired) electrons. The van der Waals surface area contributed by atoms with Crippen LogP contribution in [0.1, 0.15) is 45.8 Å². The molecule has 2 fully saturated rings. The summed E-state index contributed by atoms with van der Waals surface area (Å²) in [6, 6.07) is 19.3. The summed E-state index contributed by atoms with van der Waals surface area (Å²) in [6.45, 7) is 2.68. The van der Waals surface area contributed by atoms with Crippen LogP contribution in [-0.4, -0.2) is 41.2 Å². The SMILES string of the molecule is COc1cccc(C(=O)C2C(c3ccc([N+](=O)[O-])cc3)C3CCCN3[C@@]23C(=O)Nc2ccc(C)cc23)c1. The number of hydrogen-bond acceptors (Lipinski definition) is 6. The first-order valence-electron chi connectivity index (χ1n) is 12.5. The van der Waals surface area contributed by atoms with Crippen LogP contribution in [0, 0.1) is 23.0 Å². The molecule has 0 saturated carbocycles. The van der Waals surface area contributed by atoms with Crippen molar-refractivity contribution in [1.29, 1.82) is 0 Å². The monoisotopic (exact) mass is 497 g/mol. The Morgan fingerprint density at radius 1 is 1.14 bits per heavy atom. The van der Waals surface area contributed by atoms with Crippen molar-refractivity contribution in [2.75, 3.05) is 19.0 Å². The lowest BCUT2D eigenvalue weighted by molar-refractivity contribution is -0.384. The second-order valence-electron chi connectivity index (χ2n) is 10.1. The van der Waals surface area contributed by atoms with Gasteiger partial charge in [-0.15, -0.1) is 0 Å². The summed E-state index contributed by atoms with van der Waals surface area (Å²) >= 11 is 0. The molecule has 3 heterocycles. The maximum absolute atomic E-state index is 14.5. The minimum Gasteiger partial charge on any atom is -0.497 e. The lowest BCUT2D eigenvalue weighted by atomic mass is 9.68. The molecule has 1 spiro atoms. The van der Waals surface area contributed by atoms with Gasteiger partial charge >= 0.3 is 0 Å². The Morgan fingerprint density at radius 2 is 1.92 bits per heavy atom. The quantitative estimate of drug-likeness (QED) is 0.308. The summed E-state index contributed by atoms with van der Waals surface area (Å²) in [4.78, 5) is 41.7. The molecule has 3 aliphatic heterocycles. The number of Topliss-reactive ketones (excluding diaryl/α,β-unsaturated/α-hetero) is 1. The third kappa shape index (κ3) is 3.32. The fraction of sp³-hybridized carbons (Fsp3) is 0.310. The Bertz CT molecular complexity index is 1440. The minimum absolute atomic E-state index is 0.00464. The van der Waals surface area contributed by atoms with Gasteiger partial charge in [0.25, 0.3) is 5.69 Å². The minimum atomic E-state index is -1.17. The van der Waals surface area contributed by atoms with Gasteiger partial charge in [-0.3, -0.25) is 24.6 Å². The predicted octanol–water partition coefficient (Wildman–Crippen LogP) is 4.82. The Morgan fingerprint density at radius 3 is 2.65 bits per heavy atom. The molecule has 3 aromatic carbocycles. The third-order valence-corrected chi connectivity index (χ3v) is 8.28. The Hall–Kier alpha value is -4.04. The van der Waals surface area contributed by atoms with Gasteiger partial charge in [-0.05, 0) is 50.1 Å². The maximum atomic E-state index is 14.5. The number of methoxy groups -OCH3 is 1. The number of hydrogen-bond donors (Lipinski definition) is 1. The lowest BCUT2D eigenvalue weighted by Crippen LogP contribution is -2.52. The van der Waals surface area contributed by atoms with E-state index >= 15 is 0 Å². The Kier molecular flexibility index (Phi) is 5.38. The van der Waals surface area contributed by atoms with Crippen molar-refractivity contribution in [3.63, 3.8) is 0 Å². The smallest absolute Gasteiger partial charge is 0.269 e. The van der Waals surface area contributed by atoms with Gasteiger partial charge in [0, 0.05) is 40.9 Å². The van der Waals surface area contributed by atoms with Crippen LogP contribution in [0.25, 0.3) is 0 Å². The highest BCUT2D eigenvalue weighted by Crippen LogP contribution is 2.61. The molecule has 4 atom stereocenters. The number of carbonyl (C=O) groups is 2. The summed E-state index contributed by atoms with van der Waals surface area (Å²) in [5.41, 5.74) is 2.70. The van der Waals surface area contributed by atoms with Gasteiger partial charge in [0.15, 0.2) is 5.78 Å². The highest BCUT2D eigenvalue weighted by atomic mass is 16.6. The highest BCUT2D eigenvalue weighted by molar-refractivity contribution is 6.12. The number of rotatable bonds is 5. The number of nitrogens with one attached hydrogen (secondary N) is 1. The number of non-ortho nitro benzene ring substituents is 1. The fourth-order valence-corrected chi connectivity index (χ4v) is 6.82. The number of anilines is 1. The summed E-state index contributed by atoms with van der Waals surface area (Å²) < 4.78 is 5.39. The van der Waals surface area contributed by atoms with Crippen molar-refractivity contribution in [1.82, 2.24) is 4.90 Å². The third-order valence-electron chi connectivity index (χ3n) is 8.28. The highest BCUT2D eigenvalue weighted by Gasteiger charge is 2.69. The number of nitro benzene ring substituents is 1. The van der Waals surface area contributed by atoms with Gasteiger partial charge in [-0.2, -0.15) is 0 Å². The zero-order valence-corrected chi connectivity index (χ0v) is 20.6. The topological polar surface area (TPSA) is 102 Å². The average Bonchev–Trinajstić information content (AvgIpc) is 3.57. The van der Waals surface area contributed by atoms with Crippen LogP contribution in [0.3, 0.4) is 0 Å². The lowest BCUT2D eigenvalue weighted by Gasteiger charge is -2.37. The van der Waals surface area contributed by atoms with Crippen molar-refractivity contribution >= 4 is 23.1 Å². The molecule has 3 aromatic rings. The van der Waals surface area contributed by atoms with E-state index in [1.54, 1.807) is 43.5 Å². The van der Waals surface area contributed by atoms with Gasteiger partial charge in [0.2, 0.25) is 5.91 Å². The van der Waals surface area contributed by atoms with Crippen molar-refractivity contribution < 1.29 is 19.2 Å². The number of carbonyl (C=O) groups excluding carboxylic acids is 2.